The Balaban J connectivity index is 2.65. The van der Waals surface area contributed by atoms with E-state index in [4.69, 9.17) is 5.73 Å². The van der Waals surface area contributed by atoms with E-state index in [1.165, 1.54) is 6.26 Å². The Hall–Kier alpha value is -1.35. The molecule has 0 fully saturated rings. The van der Waals surface area contributed by atoms with Crippen LogP contribution in [0.2, 0.25) is 0 Å². The number of nitrogens with zero attached hydrogens (tertiary/aromatic N) is 1. The Morgan fingerprint density at radius 2 is 2.10 bits per heavy atom. The van der Waals surface area contributed by atoms with E-state index >= 15 is 0 Å². The normalized spacial score (nSPS) is 11.6. The van der Waals surface area contributed by atoms with Crippen LogP contribution < -0.4 is 16.4 Å². The van der Waals surface area contributed by atoms with Crippen molar-refractivity contribution in [2.45, 2.75) is 26.3 Å². The average molecular weight is 320 g/mol. The van der Waals surface area contributed by atoms with E-state index in [2.05, 4.69) is 15.0 Å². The summed E-state index contributed by atoms with van der Waals surface area (Å²) in [7, 11) is -2.97. The molecule has 1 heterocycles. The van der Waals surface area contributed by atoms with Crippen molar-refractivity contribution >= 4 is 38.1 Å². The SMILES string of the molecule is CC(C)NC(=O)c1c(N)nsc1NCCCS(C)(=O)=O. The van der Waals surface area contributed by atoms with E-state index in [1.54, 1.807) is 0 Å². The number of aromatic nitrogens is 1. The maximum absolute atomic E-state index is 12.0. The molecule has 0 aliphatic carbocycles. The molecule has 0 radical (unpaired) electrons. The largest absolute Gasteiger partial charge is 0.382 e. The highest BCUT2D eigenvalue weighted by Gasteiger charge is 2.19. The Morgan fingerprint density at radius 1 is 1.45 bits per heavy atom. The smallest absolute Gasteiger partial charge is 0.258 e. The monoisotopic (exact) mass is 320 g/mol. The molecule has 1 amide bonds. The summed E-state index contributed by atoms with van der Waals surface area (Å²) < 4.78 is 26.0. The number of carbonyl (C=O) groups excluding carboxylic acids is 1. The van der Waals surface area contributed by atoms with Gasteiger partial charge in [-0.3, -0.25) is 4.79 Å². The summed E-state index contributed by atoms with van der Waals surface area (Å²) in [5.74, 6) is -0.00225. The number of carbonyl (C=O) groups is 1. The molecule has 7 nitrogen and oxygen atoms in total. The van der Waals surface area contributed by atoms with Crippen LogP contribution in [-0.2, 0) is 9.84 Å². The third kappa shape index (κ3) is 5.33. The molecule has 0 saturated heterocycles. The number of hydrogen-bond donors (Lipinski definition) is 3. The van der Waals surface area contributed by atoms with Crippen LogP contribution in [-0.4, -0.2) is 43.3 Å². The molecule has 0 saturated carbocycles. The Kier molecular flexibility index (Phi) is 5.75. The highest BCUT2D eigenvalue weighted by molar-refractivity contribution is 7.90. The topological polar surface area (TPSA) is 114 Å². The highest BCUT2D eigenvalue weighted by atomic mass is 32.2. The second-order valence-electron chi connectivity index (χ2n) is 4.81. The van der Waals surface area contributed by atoms with Gasteiger partial charge in [-0.05, 0) is 31.8 Å². The first kappa shape index (κ1) is 16.7. The van der Waals surface area contributed by atoms with Gasteiger partial charge in [0.25, 0.3) is 5.91 Å². The Labute approximate surface area is 123 Å². The van der Waals surface area contributed by atoms with Crippen molar-refractivity contribution in [3.05, 3.63) is 5.56 Å². The number of rotatable bonds is 7. The minimum atomic E-state index is -2.97. The van der Waals surface area contributed by atoms with Gasteiger partial charge in [-0.1, -0.05) is 0 Å². The summed E-state index contributed by atoms with van der Waals surface area (Å²) in [4.78, 5) is 12.0. The summed E-state index contributed by atoms with van der Waals surface area (Å²) in [6.45, 7) is 4.15. The molecule has 1 aromatic heterocycles. The van der Waals surface area contributed by atoms with Gasteiger partial charge in [-0.25, -0.2) is 8.42 Å². The van der Waals surface area contributed by atoms with Crippen LogP contribution >= 0.6 is 11.5 Å². The lowest BCUT2D eigenvalue weighted by Crippen LogP contribution is -2.31. The minimum Gasteiger partial charge on any atom is -0.382 e. The standard InChI is InChI=1S/C11H20N4O3S2/c1-7(2)14-10(16)8-9(12)15-19-11(8)13-5-4-6-20(3,17)18/h7,13H,4-6H2,1-3H3,(H2,12,15)(H,14,16). The third-order valence-electron chi connectivity index (χ3n) is 2.34. The molecule has 0 bridgehead atoms. The molecular formula is C11H20N4O3S2. The molecule has 20 heavy (non-hydrogen) atoms. The molecule has 1 aromatic rings. The summed E-state index contributed by atoms with van der Waals surface area (Å²) in [6, 6.07) is -0.000107. The van der Waals surface area contributed by atoms with Gasteiger partial charge in [0.1, 0.15) is 20.4 Å². The number of nitrogens with one attached hydrogen (secondary N) is 2. The predicted molar refractivity (Wildman–Crippen MR) is 81.9 cm³/mol. The lowest BCUT2D eigenvalue weighted by Gasteiger charge is -2.10. The fourth-order valence-electron chi connectivity index (χ4n) is 1.51. The Bertz CT molecular complexity index is 566. The van der Waals surface area contributed by atoms with Crippen LogP contribution in [0.5, 0.6) is 0 Å². The van der Waals surface area contributed by atoms with Gasteiger partial charge in [0, 0.05) is 18.8 Å². The second kappa shape index (κ2) is 6.89. The minimum absolute atomic E-state index is 0.000107. The van der Waals surface area contributed by atoms with Crippen LogP contribution in [0.1, 0.15) is 30.6 Å². The number of hydrogen-bond acceptors (Lipinski definition) is 7. The van der Waals surface area contributed by atoms with Crippen LogP contribution in [0.4, 0.5) is 10.8 Å². The second-order valence-corrected chi connectivity index (χ2v) is 7.84. The zero-order valence-electron chi connectivity index (χ0n) is 11.8. The van der Waals surface area contributed by atoms with Crippen molar-refractivity contribution in [2.24, 2.45) is 0 Å². The molecule has 0 atom stereocenters. The highest BCUT2D eigenvalue weighted by Crippen LogP contribution is 2.26. The van der Waals surface area contributed by atoms with E-state index in [9.17, 15) is 13.2 Å². The fraction of sp³-hybridized carbons (Fsp3) is 0.636. The first-order valence-electron chi connectivity index (χ1n) is 6.18. The van der Waals surface area contributed by atoms with Crippen molar-refractivity contribution < 1.29 is 13.2 Å². The maximum Gasteiger partial charge on any atom is 0.258 e. The number of nitrogen functional groups attached to an aromatic ring is 1. The average Bonchev–Trinajstić information content (AvgIpc) is 2.64. The first-order chi connectivity index (χ1) is 9.20. The van der Waals surface area contributed by atoms with Gasteiger partial charge in [-0.2, -0.15) is 4.37 Å². The van der Waals surface area contributed by atoms with Gasteiger partial charge in [-0.15, -0.1) is 0 Å². The Morgan fingerprint density at radius 3 is 2.65 bits per heavy atom. The van der Waals surface area contributed by atoms with E-state index in [0.717, 1.165) is 11.5 Å². The molecular weight excluding hydrogens is 300 g/mol. The van der Waals surface area contributed by atoms with Crippen LogP contribution in [0.25, 0.3) is 0 Å². The lowest BCUT2D eigenvalue weighted by molar-refractivity contribution is 0.0945. The quantitative estimate of drug-likeness (QED) is 0.638. The number of sulfone groups is 1. The zero-order valence-corrected chi connectivity index (χ0v) is 13.4. The molecule has 4 N–H and O–H groups in total. The maximum atomic E-state index is 12.0. The molecule has 0 unspecified atom stereocenters. The van der Waals surface area contributed by atoms with Gasteiger partial charge in [0.2, 0.25) is 0 Å². The van der Waals surface area contributed by atoms with E-state index in [1.807, 2.05) is 13.8 Å². The van der Waals surface area contributed by atoms with Crippen molar-refractivity contribution in [1.29, 1.82) is 0 Å². The summed E-state index contributed by atoms with van der Waals surface area (Å²) in [5.41, 5.74) is 6.02. The van der Waals surface area contributed by atoms with Crippen molar-refractivity contribution in [1.82, 2.24) is 9.69 Å². The summed E-state index contributed by atoms with van der Waals surface area (Å²) in [5, 5.41) is 6.33. The van der Waals surface area contributed by atoms with Gasteiger partial charge >= 0.3 is 0 Å². The van der Waals surface area contributed by atoms with Crippen LogP contribution in [0, 0.1) is 0 Å². The fourth-order valence-corrected chi connectivity index (χ4v) is 2.92. The lowest BCUT2D eigenvalue weighted by atomic mass is 10.2. The van der Waals surface area contributed by atoms with Crippen LogP contribution in [0.15, 0.2) is 0 Å². The van der Waals surface area contributed by atoms with Gasteiger partial charge < -0.3 is 16.4 Å². The van der Waals surface area contributed by atoms with Crippen molar-refractivity contribution in [3.63, 3.8) is 0 Å². The van der Waals surface area contributed by atoms with E-state index in [0.29, 0.717) is 23.5 Å². The van der Waals surface area contributed by atoms with E-state index < -0.39 is 9.84 Å². The molecule has 0 aliphatic rings. The van der Waals surface area contributed by atoms with Crippen molar-refractivity contribution in [3.8, 4) is 0 Å². The molecule has 114 valence electrons. The van der Waals surface area contributed by atoms with Crippen LogP contribution in [0.3, 0.4) is 0 Å². The van der Waals surface area contributed by atoms with Gasteiger partial charge in [0.15, 0.2) is 5.82 Å². The van der Waals surface area contributed by atoms with Crippen molar-refractivity contribution in [2.75, 3.05) is 29.6 Å². The molecule has 9 heteroatoms. The zero-order chi connectivity index (χ0) is 15.3. The number of nitrogens with two attached hydrogens (primary N) is 1. The summed E-state index contributed by atoms with van der Waals surface area (Å²) in [6.07, 6.45) is 1.65. The molecule has 0 aromatic carbocycles. The first-order valence-corrected chi connectivity index (χ1v) is 9.01. The van der Waals surface area contributed by atoms with E-state index in [-0.39, 0.29) is 23.5 Å². The molecule has 1 rings (SSSR count). The third-order valence-corrected chi connectivity index (χ3v) is 4.19. The molecule has 0 spiro atoms. The van der Waals surface area contributed by atoms with Gasteiger partial charge in [0.05, 0.1) is 5.75 Å². The molecule has 0 aliphatic heterocycles. The number of anilines is 2. The summed E-state index contributed by atoms with van der Waals surface area (Å²) >= 11 is 1.09. The number of amides is 1. The predicted octanol–water partition coefficient (Wildman–Crippen LogP) is 0.710.